The van der Waals surface area contributed by atoms with Crippen LogP contribution < -0.4 is 0 Å². The fourth-order valence-corrected chi connectivity index (χ4v) is 2.73. The Kier molecular flexibility index (Phi) is 4.01. The van der Waals surface area contributed by atoms with Gasteiger partial charge in [-0.15, -0.1) is 0 Å². The zero-order valence-corrected chi connectivity index (χ0v) is 12.8. The molecule has 0 unspecified atom stereocenters. The summed E-state index contributed by atoms with van der Waals surface area (Å²) in [5.41, 5.74) is 2.18. The summed E-state index contributed by atoms with van der Waals surface area (Å²) < 4.78 is 13.0. The molecule has 1 heterocycles. The molecule has 110 valence electrons. The van der Waals surface area contributed by atoms with Gasteiger partial charge in [0.2, 0.25) is 0 Å². The van der Waals surface area contributed by atoms with Crippen molar-refractivity contribution in [1.82, 2.24) is 4.98 Å². The first-order chi connectivity index (χ1) is 10.6. The highest BCUT2D eigenvalue weighted by Gasteiger charge is 2.18. The van der Waals surface area contributed by atoms with Gasteiger partial charge in [0.05, 0.1) is 10.7 Å². The number of aromatic nitrogens is 1. The summed E-state index contributed by atoms with van der Waals surface area (Å²) in [6.07, 6.45) is 1.66. The molecule has 0 spiro atoms. The average Bonchev–Trinajstić information content (AvgIpc) is 2.97. The van der Waals surface area contributed by atoms with E-state index >= 15 is 0 Å². The van der Waals surface area contributed by atoms with Crippen molar-refractivity contribution < 1.29 is 9.18 Å². The number of hydrogen-bond acceptors (Lipinski definition) is 1. The molecule has 22 heavy (non-hydrogen) atoms. The number of ketones is 1. The molecule has 0 fully saturated rings. The van der Waals surface area contributed by atoms with Gasteiger partial charge in [0.15, 0.2) is 5.78 Å². The van der Waals surface area contributed by atoms with Crippen LogP contribution in [-0.4, -0.2) is 10.8 Å². The third kappa shape index (κ3) is 2.78. The third-order valence-corrected chi connectivity index (χ3v) is 3.85. The maximum absolute atomic E-state index is 13.0. The number of aromatic amines is 1. The number of carbonyl (C=O) groups excluding carboxylic acids is 1. The smallest absolute Gasteiger partial charge is 0.196 e. The minimum Gasteiger partial charge on any atom is -0.361 e. The summed E-state index contributed by atoms with van der Waals surface area (Å²) >= 11 is 11.9. The molecular weight excluding hydrogens is 324 g/mol. The number of benzene rings is 2. The Labute approximate surface area is 136 Å². The minimum atomic E-state index is -0.330. The number of carbonyl (C=O) groups is 1. The molecule has 0 bridgehead atoms. The maximum Gasteiger partial charge on any atom is 0.196 e. The van der Waals surface area contributed by atoms with Crippen LogP contribution in [0.2, 0.25) is 10.0 Å². The van der Waals surface area contributed by atoms with E-state index in [4.69, 9.17) is 23.2 Å². The number of hydrogen-bond donors (Lipinski definition) is 1. The summed E-state index contributed by atoms with van der Waals surface area (Å²) in [6, 6.07) is 12.3. The summed E-state index contributed by atoms with van der Waals surface area (Å²) in [7, 11) is 0. The highest BCUT2D eigenvalue weighted by Crippen LogP contribution is 2.28. The Bertz CT molecular complexity index is 840. The molecule has 1 N–H and O–H groups in total. The van der Waals surface area contributed by atoms with Crippen molar-refractivity contribution in [3.63, 3.8) is 0 Å². The standard InChI is InChI=1S/C17H10Cl2FNO/c18-11-3-6-13(15(19)9-11)17(22)14-7-8-21-16(14)10-1-4-12(20)5-2-10/h1-9,21H. The molecule has 3 rings (SSSR count). The van der Waals surface area contributed by atoms with Gasteiger partial charge in [-0.25, -0.2) is 4.39 Å². The first kappa shape index (κ1) is 14.8. The fourth-order valence-electron chi connectivity index (χ4n) is 2.23. The van der Waals surface area contributed by atoms with Gasteiger partial charge in [-0.1, -0.05) is 23.2 Å². The summed E-state index contributed by atoms with van der Waals surface area (Å²) in [4.78, 5) is 15.7. The second-order valence-electron chi connectivity index (χ2n) is 4.73. The molecule has 1 aromatic heterocycles. The molecule has 0 aliphatic carbocycles. The van der Waals surface area contributed by atoms with Crippen molar-refractivity contribution >= 4 is 29.0 Å². The monoisotopic (exact) mass is 333 g/mol. The molecule has 0 radical (unpaired) electrons. The van der Waals surface area contributed by atoms with Crippen molar-refractivity contribution in [2.45, 2.75) is 0 Å². The molecule has 3 aromatic rings. The van der Waals surface area contributed by atoms with E-state index in [1.807, 2.05) is 0 Å². The normalized spacial score (nSPS) is 10.7. The van der Waals surface area contributed by atoms with Gasteiger partial charge in [-0.05, 0) is 54.1 Å². The molecule has 2 aromatic carbocycles. The largest absolute Gasteiger partial charge is 0.361 e. The molecular formula is C17H10Cl2FNO. The van der Waals surface area contributed by atoms with E-state index in [0.717, 1.165) is 5.56 Å². The van der Waals surface area contributed by atoms with Gasteiger partial charge in [-0.3, -0.25) is 4.79 Å². The Morgan fingerprint density at radius 2 is 1.68 bits per heavy atom. The van der Waals surface area contributed by atoms with Crippen molar-refractivity contribution in [1.29, 1.82) is 0 Å². The van der Waals surface area contributed by atoms with Crippen LogP contribution in [0.1, 0.15) is 15.9 Å². The summed E-state index contributed by atoms with van der Waals surface area (Å²) in [5.74, 6) is -0.550. The summed E-state index contributed by atoms with van der Waals surface area (Å²) in [5, 5.41) is 0.762. The molecule has 2 nitrogen and oxygen atoms in total. The van der Waals surface area contributed by atoms with Crippen molar-refractivity contribution in [2.24, 2.45) is 0 Å². The van der Waals surface area contributed by atoms with Gasteiger partial charge < -0.3 is 4.98 Å². The molecule has 0 aliphatic heterocycles. The Morgan fingerprint density at radius 1 is 0.955 bits per heavy atom. The summed E-state index contributed by atoms with van der Waals surface area (Å²) in [6.45, 7) is 0. The van der Waals surface area contributed by atoms with Crippen LogP contribution in [0.5, 0.6) is 0 Å². The maximum atomic E-state index is 13.0. The van der Waals surface area contributed by atoms with E-state index in [2.05, 4.69) is 4.98 Å². The van der Waals surface area contributed by atoms with Crippen LogP contribution >= 0.6 is 23.2 Å². The van der Waals surface area contributed by atoms with E-state index in [1.165, 1.54) is 18.2 Å². The van der Waals surface area contributed by atoms with E-state index in [9.17, 15) is 9.18 Å². The minimum absolute atomic E-state index is 0.220. The van der Waals surface area contributed by atoms with Crippen molar-refractivity contribution in [2.75, 3.05) is 0 Å². The zero-order valence-electron chi connectivity index (χ0n) is 11.2. The van der Waals surface area contributed by atoms with Crippen LogP contribution in [0.4, 0.5) is 4.39 Å². The van der Waals surface area contributed by atoms with Crippen molar-refractivity contribution in [3.8, 4) is 11.3 Å². The lowest BCUT2D eigenvalue weighted by Crippen LogP contribution is -2.03. The number of rotatable bonds is 3. The number of halogens is 3. The first-order valence-electron chi connectivity index (χ1n) is 6.49. The lowest BCUT2D eigenvalue weighted by molar-refractivity contribution is 0.103. The lowest BCUT2D eigenvalue weighted by atomic mass is 10.00. The SMILES string of the molecule is O=C(c1ccc(Cl)cc1Cl)c1cc[nH]c1-c1ccc(F)cc1. The number of H-pyrrole nitrogens is 1. The first-order valence-corrected chi connectivity index (χ1v) is 7.25. The Hall–Kier alpha value is -2.10. The van der Waals surface area contributed by atoms with Crippen molar-refractivity contribution in [3.05, 3.63) is 81.7 Å². The van der Waals surface area contributed by atoms with E-state index in [1.54, 1.807) is 36.5 Å². The topological polar surface area (TPSA) is 32.9 Å². The fraction of sp³-hybridized carbons (Fsp3) is 0. The molecule has 0 amide bonds. The highest BCUT2D eigenvalue weighted by atomic mass is 35.5. The predicted octanol–water partition coefficient (Wildman–Crippen LogP) is 5.36. The predicted molar refractivity (Wildman–Crippen MR) is 86.1 cm³/mol. The van der Waals surface area contributed by atoms with E-state index in [-0.39, 0.29) is 11.6 Å². The third-order valence-electron chi connectivity index (χ3n) is 3.30. The molecule has 0 saturated carbocycles. The lowest BCUT2D eigenvalue weighted by Gasteiger charge is -2.06. The van der Waals surface area contributed by atoms with Gasteiger partial charge in [0, 0.05) is 22.3 Å². The van der Waals surface area contributed by atoms with Crippen LogP contribution in [0.15, 0.2) is 54.7 Å². The highest BCUT2D eigenvalue weighted by molar-refractivity contribution is 6.37. The second-order valence-corrected chi connectivity index (χ2v) is 5.57. The van der Waals surface area contributed by atoms with Gasteiger partial charge >= 0.3 is 0 Å². The van der Waals surface area contributed by atoms with Crippen LogP contribution in [0.25, 0.3) is 11.3 Å². The van der Waals surface area contributed by atoms with Crippen LogP contribution in [0.3, 0.4) is 0 Å². The van der Waals surface area contributed by atoms with Gasteiger partial charge in [-0.2, -0.15) is 0 Å². The molecule has 0 saturated heterocycles. The quantitative estimate of drug-likeness (QED) is 0.643. The van der Waals surface area contributed by atoms with E-state index < -0.39 is 0 Å². The second kappa shape index (κ2) is 5.95. The average molecular weight is 334 g/mol. The number of nitrogens with one attached hydrogen (secondary N) is 1. The zero-order chi connectivity index (χ0) is 15.7. The Morgan fingerprint density at radius 3 is 2.36 bits per heavy atom. The van der Waals surface area contributed by atoms with Gasteiger partial charge in [0.1, 0.15) is 5.82 Å². The van der Waals surface area contributed by atoms with Crippen LogP contribution in [0, 0.1) is 5.82 Å². The van der Waals surface area contributed by atoms with Gasteiger partial charge in [0.25, 0.3) is 0 Å². The molecule has 0 aliphatic rings. The molecule has 0 atom stereocenters. The molecule has 5 heteroatoms. The Balaban J connectivity index is 2.04. The van der Waals surface area contributed by atoms with E-state index in [0.29, 0.717) is 26.9 Å². The van der Waals surface area contributed by atoms with Crippen LogP contribution in [-0.2, 0) is 0 Å².